The number of likely N-dealkylation sites (tertiary alicyclic amines) is 1. The minimum absolute atomic E-state index is 0.0260. The molecule has 2 atom stereocenters. The normalized spacial score (nSPS) is 18.9. The number of amides is 3. The van der Waals surface area contributed by atoms with E-state index in [-0.39, 0.29) is 31.1 Å². The molecule has 1 aliphatic rings. The molecule has 3 amide bonds. The number of hydrogen-bond donors (Lipinski definition) is 3. The first kappa shape index (κ1) is 27.9. The van der Waals surface area contributed by atoms with Gasteiger partial charge in [0.25, 0.3) is 0 Å². The highest BCUT2D eigenvalue weighted by atomic mass is 19.4. The lowest BCUT2D eigenvalue weighted by molar-refractivity contribution is -0.143. The number of carboxylic acid groups (broad SMARTS) is 1. The Hall–Kier alpha value is -3.65. The average molecular weight is 543 g/mol. The molecule has 2 aromatic rings. The summed E-state index contributed by atoms with van der Waals surface area (Å²) in [7, 11) is 0. The second-order valence-corrected chi connectivity index (χ2v) is 8.24. The molecule has 3 rings (SSSR count). The fraction of sp³-hybridized carbons (Fsp3) is 0.364. The smallest absolute Gasteiger partial charge is 0.416 e. The molecule has 2 aromatic carbocycles. The molecule has 15 heteroatoms. The molecular formula is C22H18F9N3O3. The van der Waals surface area contributed by atoms with Gasteiger partial charge in [0.05, 0.1) is 16.7 Å². The standard InChI is InChI=1S/C22H18F9N3O3/c23-20(24,25)12-3-1-11(2-4-12)16-10-34(19(36)37)6-5-17(16)33-18(35)32-15-8-13(21(26,27)28)7-14(9-15)22(29,30)31/h1-4,7-9,16-17H,5-6,10H2,(H,36,37)(H2,32,33,35)/t16?,17-/m1/s1. The van der Waals surface area contributed by atoms with Crippen LogP contribution in [-0.2, 0) is 18.5 Å². The predicted octanol–water partition coefficient (Wildman–Crippen LogP) is 6.40. The minimum Gasteiger partial charge on any atom is -0.465 e. The van der Waals surface area contributed by atoms with E-state index in [9.17, 15) is 54.2 Å². The van der Waals surface area contributed by atoms with Crippen molar-refractivity contribution < 1.29 is 54.2 Å². The summed E-state index contributed by atoms with van der Waals surface area (Å²) in [5.74, 6) is -0.856. The van der Waals surface area contributed by atoms with Crippen LogP contribution in [0.4, 0.5) is 54.8 Å². The SMILES string of the molecule is O=C(Nc1cc(C(F)(F)F)cc(C(F)(F)F)c1)N[C@@H]1CCN(C(=O)O)CC1c1ccc(C(F)(F)F)cc1. The fourth-order valence-electron chi connectivity index (χ4n) is 3.92. The van der Waals surface area contributed by atoms with Gasteiger partial charge in [-0.25, -0.2) is 9.59 Å². The molecule has 0 spiro atoms. The Kier molecular flexibility index (Phi) is 7.56. The lowest BCUT2D eigenvalue weighted by atomic mass is 9.85. The van der Waals surface area contributed by atoms with Crippen LogP contribution in [-0.4, -0.2) is 41.3 Å². The summed E-state index contributed by atoms with van der Waals surface area (Å²) in [4.78, 5) is 24.9. The molecular weight excluding hydrogens is 525 g/mol. The van der Waals surface area contributed by atoms with Crippen LogP contribution in [0.25, 0.3) is 0 Å². The Morgan fingerprint density at radius 2 is 1.32 bits per heavy atom. The quantitative estimate of drug-likeness (QED) is 0.392. The predicted molar refractivity (Wildman–Crippen MR) is 111 cm³/mol. The molecule has 1 heterocycles. The van der Waals surface area contributed by atoms with Crippen molar-refractivity contribution in [2.75, 3.05) is 18.4 Å². The highest BCUT2D eigenvalue weighted by Crippen LogP contribution is 2.38. The molecule has 37 heavy (non-hydrogen) atoms. The second-order valence-electron chi connectivity index (χ2n) is 8.24. The number of benzene rings is 2. The molecule has 1 fully saturated rings. The zero-order valence-corrected chi connectivity index (χ0v) is 18.4. The first-order valence-corrected chi connectivity index (χ1v) is 10.5. The zero-order chi connectivity index (χ0) is 27.8. The van der Waals surface area contributed by atoms with Crippen molar-refractivity contribution in [3.63, 3.8) is 0 Å². The summed E-state index contributed by atoms with van der Waals surface area (Å²) in [5, 5.41) is 13.6. The van der Waals surface area contributed by atoms with Crippen LogP contribution >= 0.6 is 0 Å². The van der Waals surface area contributed by atoms with Crippen LogP contribution < -0.4 is 10.6 Å². The highest BCUT2D eigenvalue weighted by Gasteiger charge is 2.38. The molecule has 202 valence electrons. The van der Waals surface area contributed by atoms with E-state index in [0.717, 1.165) is 29.2 Å². The molecule has 1 aliphatic heterocycles. The maximum absolute atomic E-state index is 13.1. The lowest BCUT2D eigenvalue weighted by Crippen LogP contribution is -2.51. The maximum Gasteiger partial charge on any atom is 0.416 e. The van der Waals surface area contributed by atoms with E-state index in [4.69, 9.17) is 0 Å². The lowest BCUT2D eigenvalue weighted by Gasteiger charge is -2.38. The number of nitrogens with one attached hydrogen (secondary N) is 2. The fourth-order valence-corrected chi connectivity index (χ4v) is 3.92. The number of carbonyl (C=O) groups excluding carboxylic acids is 1. The third-order valence-corrected chi connectivity index (χ3v) is 5.71. The van der Waals surface area contributed by atoms with Gasteiger partial charge in [0.15, 0.2) is 0 Å². The average Bonchev–Trinajstić information content (AvgIpc) is 2.77. The van der Waals surface area contributed by atoms with Gasteiger partial charge in [-0.2, -0.15) is 39.5 Å². The number of halogens is 9. The Morgan fingerprint density at radius 3 is 1.78 bits per heavy atom. The van der Waals surface area contributed by atoms with Crippen molar-refractivity contribution in [3.05, 3.63) is 64.7 Å². The van der Waals surface area contributed by atoms with E-state index >= 15 is 0 Å². The second kappa shape index (κ2) is 10.0. The van der Waals surface area contributed by atoms with Gasteiger partial charge in [0, 0.05) is 30.7 Å². The van der Waals surface area contributed by atoms with Gasteiger partial charge in [-0.1, -0.05) is 12.1 Å². The van der Waals surface area contributed by atoms with Crippen molar-refractivity contribution >= 4 is 17.8 Å². The van der Waals surface area contributed by atoms with E-state index in [2.05, 4.69) is 5.32 Å². The maximum atomic E-state index is 13.1. The third kappa shape index (κ3) is 6.98. The topological polar surface area (TPSA) is 81.7 Å². The van der Waals surface area contributed by atoms with Gasteiger partial charge in [-0.15, -0.1) is 0 Å². The number of hydrogen-bond acceptors (Lipinski definition) is 2. The van der Waals surface area contributed by atoms with Crippen LogP contribution in [0.15, 0.2) is 42.5 Å². The van der Waals surface area contributed by atoms with Gasteiger partial charge in [-0.3, -0.25) is 0 Å². The molecule has 1 saturated heterocycles. The van der Waals surface area contributed by atoms with Gasteiger partial charge in [0.1, 0.15) is 0 Å². The Labute approximate surface area is 203 Å². The number of carbonyl (C=O) groups is 2. The van der Waals surface area contributed by atoms with Crippen molar-refractivity contribution in [3.8, 4) is 0 Å². The zero-order valence-electron chi connectivity index (χ0n) is 18.4. The van der Waals surface area contributed by atoms with Crippen LogP contribution in [0.1, 0.15) is 34.6 Å². The number of anilines is 1. The van der Waals surface area contributed by atoms with Crippen LogP contribution in [0.2, 0.25) is 0 Å². The first-order valence-electron chi connectivity index (χ1n) is 10.5. The van der Waals surface area contributed by atoms with E-state index < -0.39 is 65.0 Å². The summed E-state index contributed by atoms with van der Waals surface area (Å²) < 4.78 is 117. The molecule has 1 unspecified atom stereocenters. The minimum atomic E-state index is -5.13. The first-order chi connectivity index (χ1) is 16.9. The van der Waals surface area contributed by atoms with Crippen molar-refractivity contribution in [1.29, 1.82) is 0 Å². The van der Waals surface area contributed by atoms with Crippen molar-refractivity contribution in [2.45, 2.75) is 36.9 Å². The summed E-state index contributed by atoms with van der Waals surface area (Å²) in [5.41, 5.74) is -4.81. The van der Waals surface area contributed by atoms with Crippen LogP contribution in [0, 0.1) is 0 Å². The van der Waals surface area contributed by atoms with E-state index in [1.54, 1.807) is 0 Å². The van der Waals surface area contributed by atoms with E-state index in [0.29, 0.717) is 12.1 Å². The van der Waals surface area contributed by atoms with E-state index in [1.807, 2.05) is 5.32 Å². The van der Waals surface area contributed by atoms with Crippen LogP contribution in [0.5, 0.6) is 0 Å². The largest absolute Gasteiger partial charge is 0.465 e. The molecule has 3 N–H and O–H groups in total. The molecule has 0 bridgehead atoms. The summed E-state index contributed by atoms with van der Waals surface area (Å²) in [6.07, 6.45) is -16.2. The number of nitrogens with zero attached hydrogens (tertiary/aromatic N) is 1. The number of urea groups is 1. The molecule has 0 radical (unpaired) electrons. The molecule has 0 aromatic heterocycles. The summed E-state index contributed by atoms with van der Waals surface area (Å²) in [6.45, 7) is -0.313. The molecule has 0 aliphatic carbocycles. The third-order valence-electron chi connectivity index (χ3n) is 5.71. The van der Waals surface area contributed by atoms with Gasteiger partial charge in [-0.05, 0) is 42.3 Å². The summed E-state index contributed by atoms with van der Waals surface area (Å²) >= 11 is 0. The number of alkyl halides is 9. The van der Waals surface area contributed by atoms with Crippen LogP contribution in [0.3, 0.4) is 0 Å². The number of piperidine rings is 1. The molecule has 0 saturated carbocycles. The van der Waals surface area contributed by atoms with Gasteiger partial charge >= 0.3 is 30.7 Å². The number of rotatable bonds is 3. The summed E-state index contributed by atoms with van der Waals surface area (Å²) in [6, 6.07) is 2.19. The van der Waals surface area contributed by atoms with Gasteiger partial charge in [0.2, 0.25) is 0 Å². The molecule has 6 nitrogen and oxygen atoms in total. The van der Waals surface area contributed by atoms with Gasteiger partial charge < -0.3 is 20.6 Å². The van der Waals surface area contributed by atoms with Crippen molar-refractivity contribution in [2.24, 2.45) is 0 Å². The Bertz CT molecular complexity index is 1110. The highest BCUT2D eigenvalue weighted by molar-refractivity contribution is 5.89. The van der Waals surface area contributed by atoms with Crippen molar-refractivity contribution in [1.82, 2.24) is 10.2 Å². The Morgan fingerprint density at radius 1 is 0.811 bits per heavy atom. The monoisotopic (exact) mass is 543 g/mol. The van der Waals surface area contributed by atoms with E-state index in [1.165, 1.54) is 0 Å². The Balaban J connectivity index is 1.84.